The molecule has 5 heteroatoms. The van der Waals surface area contributed by atoms with Crippen LogP contribution >= 0.6 is 12.4 Å². The average Bonchev–Trinajstić information content (AvgIpc) is 3.05. The van der Waals surface area contributed by atoms with Crippen LogP contribution in [-0.4, -0.2) is 30.5 Å². The van der Waals surface area contributed by atoms with E-state index in [-0.39, 0.29) is 30.2 Å². The fraction of sp³-hybridized carbons (Fsp3) is 0.318. The molecule has 2 unspecified atom stereocenters. The highest BCUT2D eigenvalue weighted by molar-refractivity contribution is 5.85. The summed E-state index contributed by atoms with van der Waals surface area (Å²) in [5.74, 6) is 0.786. The molecular formula is C22H26ClN3O. The maximum atomic E-state index is 12.6. The van der Waals surface area contributed by atoms with Gasteiger partial charge in [-0.25, -0.2) is 0 Å². The van der Waals surface area contributed by atoms with E-state index in [0.29, 0.717) is 12.5 Å². The summed E-state index contributed by atoms with van der Waals surface area (Å²) in [5, 5.41) is 7.66. The van der Waals surface area contributed by atoms with E-state index in [1.807, 2.05) is 19.1 Å². The fourth-order valence-corrected chi connectivity index (χ4v) is 3.72. The Labute approximate surface area is 166 Å². The van der Waals surface area contributed by atoms with Crippen LogP contribution in [0.15, 0.2) is 60.8 Å². The average molecular weight is 384 g/mol. The van der Waals surface area contributed by atoms with Crippen LogP contribution < -0.4 is 10.6 Å². The zero-order valence-corrected chi connectivity index (χ0v) is 16.3. The van der Waals surface area contributed by atoms with Crippen LogP contribution in [0.5, 0.6) is 0 Å². The van der Waals surface area contributed by atoms with Crippen molar-refractivity contribution in [3.8, 4) is 0 Å². The smallest absolute Gasteiger partial charge is 0.223 e. The summed E-state index contributed by atoms with van der Waals surface area (Å²) >= 11 is 0. The van der Waals surface area contributed by atoms with Crippen molar-refractivity contribution < 1.29 is 4.79 Å². The first-order chi connectivity index (χ1) is 12.7. The SMILES string of the molecule is CC(C(=O)NCC(c1ccccc1)c1c[nH]c2ccccc12)C1CNC1.Cl. The number of carbonyl (C=O) groups excluding carboxylic acids is 1. The van der Waals surface area contributed by atoms with Crippen LogP contribution in [0, 0.1) is 11.8 Å². The molecule has 1 aliphatic heterocycles. The van der Waals surface area contributed by atoms with Gasteiger partial charge in [0, 0.05) is 35.5 Å². The summed E-state index contributed by atoms with van der Waals surface area (Å²) in [6.45, 7) is 4.53. The Morgan fingerprint density at radius 2 is 1.81 bits per heavy atom. The number of carbonyl (C=O) groups is 1. The summed E-state index contributed by atoms with van der Waals surface area (Å²) in [5.41, 5.74) is 3.57. The molecule has 2 atom stereocenters. The molecule has 27 heavy (non-hydrogen) atoms. The lowest BCUT2D eigenvalue weighted by molar-refractivity contribution is -0.126. The van der Waals surface area contributed by atoms with Gasteiger partial charge in [-0.2, -0.15) is 0 Å². The molecule has 1 fully saturated rings. The lowest BCUT2D eigenvalue weighted by Crippen LogP contribution is -2.50. The van der Waals surface area contributed by atoms with Crippen molar-refractivity contribution in [1.29, 1.82) is 0 Å². The van der Waals surface area contributed by atoms with Gasteiger partial charge >= 0.3 is 0 Å². The van der Waals surface area contributed by atoms with Crippen LogP contribution in [0.25, 0.3) is 10.9 Å². The molecule has 1 amide bonds. The quantitative estimate of drug-likeness (QED) is 0.608. The van der Waals surface area contributed by atoms with Crippen LogP contribution in [0.4, 0.5) is 0 Å². The Bertz CT molecular complexity index is 889. The number of nitrogens with one attached hydrogen (secondary N) is 3. The predicted octanol–water partition coefficient (Wildman–Crippen LogP) is 3.69. The largest absolute Gasteiger partial charge is 0.361 e. The van der Waals surface area contributed by atoms with Crippen molar-refractivity contribution in [2.24, 2.45) is 11.8 Å². The number of benzene rings is 2. The summed E-state index contributed by atoms with van der Waals surface area (Å²) in [4.78, 5) is 16.0. The molecule has 1 aliphatic rings. The van der Waals surface area contributed by atoms with E-state index in [1.165, 1.54) is 16.5 Å². The normalized spacial score (nSPS) is 16.2. The van der Waals surface area contributed by atoms with Gasteiger partial charge in [0.1, 0.15) is 0 Å². The van der Waals surface area contributed by atoms with Crippen molar-refractivity contribution >= 4 is 29.2 Å². The summed E-state index contributed by atoms with van der Waals surface area (Å²) in [7, 11) is 0. The van der Waals surface area contributed by atoms with E-state index < -0.39 is 0 Å². The van der Waals surface area contributed by atoms with E-state index >= 15 is 0 Å². The number of hydrogen-bond donors (Lipinski definition) is 3. The molecule has 2 aromatic carbocycles. The van der Waals surface area contributed by atoms with E-state index in [2.05, 4.69) is 64.3 Å². The lowest BCUT2D eigenvalue weighted by atomic mass is 9.87. The topological polar surface area (TPSA) is 56.9 Å². The van der Waals surface area contributed by atoms with Gasteiger partial charge in [-0.15, -0.1) is 12.4 Å². The summed E-state index contributed by atoms with van der Waals surface area (Å²) in [6.07, 6.45) is 2.08. The Balaban J connectivity index is 0.00000210. The van der Waals surface area contributed by atoms with Gasteiger partial charge in [0.25, 0.3) is 0 Å². The third-order valence-corrected chi connectivity index (χ3v) is 5.61. The molecule has 2 heterocycles. The van der Waals surface area contributed by atoms with Crippen molar-refractivity contribution in [2.75, 3.05) is 19.6 Å². The second-order valence-electron chi connectivity index (χ2n) is 7.21. The number of rotatable bonds is 6. The van der Waals surface area contributed by atoms with E-state index in [0.717, 1.165) is 18.6 Å². The highest BCUT2D eigenvalue weighted by Crippen LogP contribution is 2.30. The lowest BCUT2D eigenvalue weighted by Gasteiger charge is -2.32. The maximum absolute atomic E-state index is 12.6. The highest BCUT2D eigenvalue weighted by Gasteiger charge is 2.29. The number of aromatic amines is 1. The Morgan fingerprint density at radius 3 is 2.52 bits per heavy atom. The van der Waals surface area contributed by atoms with Crippen LogP contribution in [0.3, 0.4) is 0 Å². The minimum Gasteiger partial charge on any atom is -0.361 e. The summed E-state index contributed by atoms with van der Waals surface area (Å²) < 4.78 is 0. The van der Waals surface area contributed by atoms with Crippen molar-refractivity contribution in [2.45, 2.75) is 12.8 Å². The third kappa shape index (κ3) is 4.02. The molecule has 1 saturated heterocycles. The van der Waals surface area contributed by atoms with Crippen molar-refractivity contribution in [1.82, 2.24) is 15.6 Å². The van der Waals surface area contributed by atoms with E-state index in [4.69, 9.17) is 0 Å². The summed E-state index contributed by atoms with van der Waals surface area (Å²) in [6, 6.07) is 18.7. The molecule has 4 rings (SSSR count). The van der Waals surface area contributed by atoms with Gasteiger partial charge < -0.3 is 15.6 Å². The molecule has 0 radical (unpaired) electrons. The van der Waals surface area contributed by atoms with Crippen molar-refractivity contribution in [3.63, 3.8) is 0 Å². The molecule has 1 aromatic heterocycles. The minimum atomic E-state index is 0. The van der Waals surface area contributed by atoms with Crippen molar-refractivity contribution in [3.05, 3.63) is 71.9 Å². The van der Waals surface area contributed by atoms with Gasteiger partial charge in [0.2, 0.25) is 5.91 Å². The molecule has 3 N–H and O–H groups in total. The Kier molecular flexibility index (Phi) is 6.19. The monoisotopic (exact) mass is 383 g/mol. The molecule has 0 bridgehead atoms. The standard InChI is InChI=1S/C22H25N3O.ClH/c1-15(17-11-23-12-17)22(26)25-13-19(16-7-3-2-4-8-16)20-14-24-21-10-6-5-9-18(20)21;/h2-10,14-15,17,19,23-24H,11-13H2,1H3,(H,25,26);1H. The van der Waals surface area contributed by atoms with Crippen LogP contribution in [-0.2, 0) is 4.79 Å². The maximum Gasteiger partial charge on any atom is 0.223 e. The van der Waals surface area contributed by atoms with Crippen LogP contribution in [0.2, 0.25) is 0 Å². The second kappa shape index (κ2) is 8.59. The Morgan fingerprint density at radius 1 is 1.11 bits per heavy atom. The predicted molar refractivity (Wildman–Crippen MR) is 112 cm³/mol. The van der Waals surface area contributed by atoms with Gasteiger partial charge in [-0.1, -0.05) is 55.5 Å². The number of halogens is 1. The number of amides is 1. The number of fused-ring (bicyclic) bond motifs is 1. The second-order valence-corrected chi connectivity index (χ2v) is 7.21. The number of H-pyrrole nitrogens is 1. The van der Waals surface area contributed by atoms with Gasteiger partial charge in [0.15, 0.2) is 0 Å². The highest BCUT2D eigenvalue weighted by atomic mass is 35.5. The molecule has 0 spiro atoms. The fourth-order valence-electron chi connectivity index (χ4n) is 3.72. The molecule has 142 valence electrons. The molecule has 3 aromatic rings. The van der Waals surface area contributed by atoms with Gasteiger partial charge in [-0.05, 0) is 36.2 Å². The third-order valence-electron chi connectivity index (χ3n) is 5.61. The van der Waals surface area contributed by atoms with Crippen LogP contribution in [0.1, 0.15) is 24.0 Å². The molecule has 4 nitrogen and oxygen atoms in total. The van der Waals surface area contributed by atoms with Gasteiger partial charge in [0.05, 0.1) is 0 Å². The Hall–Kier alpha value is -2.30. The molecule has 0 aliphatic carbocycles. The van der Waals surface area contributed by atoms with E-state index in [9.17, 15) is 4.79 Å². The number of aromatic nitrogens is 1. The number of hydrogen-bond acceptors (Lipinski definition) is 2. The van der Waals surface area contributed by atoms with Gasteiger partial charge in [-0.3, -0.25) is 4.79 Å². The first-order valence-electron chi connectivity index (χ1n) is 9.33. The van der Waals surface area contributed by atoms with E-state index in [1.54, 1.807) is 0 Å². The number of para-hydroxylation sites is 1. The first kappa shape index (κ1) is 19.5. The zero-order chi connectivity index (χ0) is 17.9. The molecular weight excluding hydrogens is 358 g/mol. The zero-order valence-electron chi connectivity index (χ0n) is 15.4. The molecule has 0 saturated carbocycles. The minimum absolute atomic E-state index is 0. The first-order valence-corrected chi connectivity index (χ1v) is 9.33.